The van der Waals surface area contributed by atoms with Crippen molar-refractivity contribution in [3.05, 3.63) is 30.1 Å². The van der Waals surface area contributed by atoms with E-state index in [1.165, 1.54) is 11.3 Å². The summed E-state index contributed by atoms with van der Waals surface area (Å²) in [5.41, 5.74) is 2.30. The number of fused-ring (bicyclic) bond motifs is 1. The molecule has 0 radical (unpaired) electrons. The van der Waals surface area contributed by atoms with Gasteiger partial charge in [0.25, 0.3) is 0 Å². The third-order valence-electron chi connectivity index (χ3n) is 5.32. The van der Waals surface area contributed by atoms with Crippen LogP contribution in [0.4, 0.5) is 0 Å². The lowest BCUT2D eigenvalue weighted by Gasteiger charge is -2.32. The van der Waals surface area contributed by atoms with Crippen molar-refractivity contribution in [3.8, 4) is 0 Å². The Balaban J connectivity index is 1.53. The Bertz CT molecular complexity index is 762. The number of aromatic nitrogens is 2. The van der Waals surface area contributed by atoms with Crippen molar-refractivity contribution >= 4 is 16.9 Å². The number of hydrogen-bond donors (Lipinski definition) is 1. The standard InChI is InChI=1S/C20H28N4O/c1-14(2)24-18-8-4-3-7-17(18)22-20(24)15-6-5-11-23(12-15)13-19(25)21-16-9-10-16/h3-4,7-8,14-16H,5-6,9-13H2,1-2H3,(H,21,25)/t15-/m0/s1. The van der Waals surface area contributed by atoms with Crippen molar-refractivity contribution in [2.75, 3.05) is 19.6 Å². The van der Waals surface area contributed by atoms with E-state index in [-0.39, 0.29) is 5.91 Å². The maximum atomic E-state index is 12.1. The lowest BCUT2D eigenvalue weighted by molar-refractivity contribution is -0.122. The molecule has 0 bridgehead atoms. The molecule has 1 N–H and O–H groups in total. The van der Waals surface area contributed by atoms with Crippen LogP contribution in [-0.2, 0) is 4.79 Å². The zero-order valence-electron chi connectivity index (χ0n) is 15.2. The molecule has 1 aliphatic heterocycles. The second-order valence-electron chi connectivity index (χ2n) is 7.84. The molecule has 1 aromatic carbocycles. The molecule has 4 rings (SSSR count). The molecule has 1 aliphatic carbocycles. The van der Waals surface area contributed by atoms with Gasteiger partial charge in [0.05, 0.1) is 17.6 Å². The molecule has 1 saturated heterocycles. The van der Waals surface area contributed by atoms with Gasteiger partial charge in [-0.05, 0) is 58.2 Å². The van der Waals surface area contributed by atoms with E-state index in [1.54, 1.807) is 0 Å². The Hall–Kier alpha value is -1.88. The molecule has 2 fully saturated rings. The summed E-state index contributed by atoms with van der Waals surface area (Å²) in [5.74, 6) is 1.77. The summed E-state index contributed by atoms with van der Waals surface area (Å²) in [5, 5.41) is 3.11. The van der Waals surface area contributed by atoms with Crippen LogP contribution in [0.25, 0.3) is 11.0 Å². The van der Waals surface area contributed by atoms with Crippen molar-refractivity contribution in [3.63, 3.8) is 0 Å². The van der Waals surface area contributed by atoms with E-state index in [2.05, 4.69) is 52.9 Å². The normalized spacial score (nSPS) is 21.8. The number of para-hydroxylation sites is 2. The third-order valence-corrected chi connectivity index (χ3v) is 5.32. The molecular formula is C20H28N4O. The van der Waals surface area contributed by atoms with Gasteiger partial charge >= 0.3 is 0 Å². The number of amides is 1. The van der Waals surface area contributed by atoms with Gasteiger partial charge in [-0.15, -0.1) is 0 Å². The average Bonchev–Trinajstić information content (AvgIpc) is 3.30. The van der Waals surface area contributed by atoms with Gasteiger partial charge in [0.2, 0.25) is 5.91 Å². The second kappa shape index (κ2) is 6.79. The van der Waals surface area contributed by atoms with Crippen molar-refractivity contribution in [2.24, 2.45) is 0 Å². The minimum atomic E-state index is 0.181. The van der Waals surface area contributed by atoms with E-state index in [9.17, 15) is 4.79 Å². The van der Waals surface area contributed by atoms with E-state index in [0.29, 0.717) is 24.5 Å². The van der Waals surface area contributed by atoms with Crippen LogP contribution in [-0.4, -0.2) is 46.0 Å². The van der Waals surface area contributed by atoms with Crippen LogP contribution in [0.1, 0.15) is 57.3 Å². The lowest BCUT2D eigenvalue weighted by Crippen LogP contribution is -2.43. The molecule has 1 saturated carbocycles. The SMILES string of the molecule is CC(C)n1c([C@H]2CCCN(CC(=O)NC3CC3)C2)nc2ccccc21. The monoisotopic (exact) mass is 340 g/mol. The Labute approximate surface area is 149 Å². The highest BCUT2D eigenvalue weighted by Crippen LogP contribution is 2.31. The van der Waals surface area contributed by atoms with E-state index >= 15 is 0 Å². The minimum absolute atomic E-state index is 0.181. The van der Waals surface area contributed by atoms with Gasteiger partial charge < -0.3 is 9.88 Å². The van der Waals surface area contributed by atoms with E-state index in [1.807, 2.05) is 0 Å². The van der Waals surface area contributed by atoms with Crippen LogP contribution in [0.2, 0.25) is 0 Å². The minimum Gasteiger partial charge on any atom is -0.352 e. The molecule has 25 heavy (non-hydrogen) atoms. The number of piperidine rings is 1. The van der Waals surface area contributed by atoms with Gasteiger partial charge in [-0.3, -0.25) is 9.69 Å². The number of likely N-dealkylation sites (tertiary alicyclic amines) is 1. The molecule has 0 spiro atoms. The first kappa shape index (κ1) is 16.6. The fourth-order valence-electron chi connectivity index (χ4n) is 4.01. The van der Waals surface area contributed by atoms with Gasteiger partial charge in [0.1, 0.15) is 5.82 Å². The highest BCUT2D eigenvalue weighted by Gasteiger charge is 2.29. The molecule has 134 valence electrons. The first-order chi connectivity index (χ1) is 12.1. The molecular weight excluding hydrogens is 312 g/mol. The predicted molar refractivity (Wildman–Crippen MR) is 99.7 cm³/mol. The molecule has 2 aromatic rings. The number of carbonyl (C=O) groups is 1. The maximum Gasteiger partial charge on any atom is 0.234 e. The predicted octanol–water partition coefficient (Wildman–Crippen LogP) is 3.08. The molecule has 5 heteroatoms. The second-order valence-corrected chi connectivity index (χ2v) is 7.84. The zero-order chi connectivity index (χ0) is 17.4. The largest absolute Gasteiger partial charge is 0.352 e. The fraction of sp³-hybridized carbons (Fsp3) is 0.600. The van der Waals surface area contributed by atoms with Crippen molar-refractivity contribution < 1.29 is 4.79 Å². The van der Waals surface area contributed by atoms with Crippen molar-refractivity contribution in [1.29, 1.82) is 0 Å². The summed E-state index contributed by atoms with van der Waals surface area (Å²) in [7, 11) is 0. The van der Waals surface area contributed by atoms with Crippen LogP contribution >= 0.6 is 0 Å². The number of nitrogens with one attached hydrogen (secondary N) is 1. The summed E-state index contributed by atoms with van der Waals surface area (Å²) >= 11 is 0. The van der Waals surface area contributed by atoms with Gasteiger partial charge in [0.15, 0.2) is 0 Å². The van der Waals surface area contributed by atoms with Gasteiger partial charge in [-0.2, -0.15) is 0 Å². The molecule has 2 aliphatic rings. The average molecular weight is 340 g/mol. The number of carbonyl (C=O) groups excluding carboxylic acids is 1. The van der Waals surface area contributed by atoms with Crippen LogP contribution in [0.3, 0.4) is 0 Å². The topological polar surface area (TPSA) is 50.2 Å². The first-order valence-corrected chi connectivity index (χ1v) is 9.60. The zero-order valence-corrected chi connectivity index (χ0v) is 15.2. The Kier molecular flexibility index (Phi) is 4.50. The molecule has 2 heterocycles. The number of benzene rings is 1. The Morgan fingerprint density at radius 1 is 1.28 bits per heavy atom. The maximum absolute atomic E-state index is 12.1. The lowest BCUT2D eigenvalue weighted by atomic mass is 9.97. The molecule has 1 aromatic heterocycles. The first-order valence-electron chi connectivity index (χ1n) is 9.60. The van der Waals surface area contributed by atoms with Crippen LogP contribution in [0.5, 0.6) is 0 Å². The van der Waals surface area contributed by atoms with E-state index < -0.39 is 0 Å². The van der Waals surface area contributed by atoms with Gasteiger partial charge in [0, 0.05) is 24.5 Å². The Morgan fingerprint density at radius 2 is 2.08 bits per heavy atom. The summed E-state index contributed by atoms with van der Waals surface area (Å²) in [6.07, 6.45) is 4.57. The number of hydrogen-bond acceptors (Lipinski definition) is 3. The van der Waals surface area contributed by atoms with Crippen LogP contribution in [0, 0.1) is 0 Å². The fourth-order valence-corrected chi connectivity index (χ4v) is 4.01. The summed E-state index contributed by atoms with van der Waals surface area (Å²) in [6, 6.07) is 9.23. The molecule has 1 atom stereocenters. The van der Waals surface area contributed by atoms with Crippen LogP contribution in [0.15, 0.2) is 24.3 Å². The summed E-state index contributed by atoms with van der Waals surface area (Å²) < 4.78 is 2.38. The summed E-state index contributed by atoms with van der Waals surface area (Å²) in [4.78, 5) is 19.4. The number of rotatable bonds is 5. The Morgan fingerprint density at radius 3 is 2.84 bits per heavy atom. The van der Waals surface area contributed by atoms with Gasteiger partial charge in [-0.25, -0.2) is 4.98 Å². The quantitative estimate of drug-likeness (QED) is 0.910. The smallest absolute Gasteiger partial charge is 0.234 e. The number of imidazole rings is 1. The highest BCUT2D eigenvalue weighted by molar-refractivity contribution is 5.78. The van der Waals surface area contributed by atoms with E-state index in [4.69, 9.17) is 4.98 Å². The van der Waals surface area contributed by atoms with Gasteiger partial charge in [-0.1, -0.05) is 12.1 Å². The molecule has 1 amide bonds. The van der Waals surface area contributed by atoms with Crippen LogP contribution < -0.4 is 5.32 Å². The summed E-state index contributed by atoms with van der Waals surface area (Å²) in [6.45, 7) is 6.90. The third kappa shape index (κ3) is 3.56. The van der Waals surface area contributed by atoms with Crippen molar-refractivity contribution in [2.45, 2.75) is 57.5 Å². The molecule has 5 nitrogen and oxygen atoms in total. The number of nitrogens with zero attached hydrogens (tertiary/aromatic N) is 3. The molecule has 0 unspecified atom stereocenters. The van der Waals surface area contributed by atoms with E-state index in [0.717, 1.165) is 44.3 Å². The highest BCUT2D eigenvalue weighted by atomic mass is 16.2. The van der Waals surface area contributed by atoms with Crippen molar-refractivity contribution in [1.82, 2.24) is 19.8 Å².